The number of nitrogens with two attached hydrogens (primary N) is 1. The molecule has 1 atom stereocenters. The fourth-order valence-corrected chi connectivity index (χ4v) is 3.76. The summed E-state index contributed by atoms with van der Waals surface area (Å²) in [7, 11) is 0. The molecule has 4 rings (SSSR count). The number of fused-ring (bicyclic) bond motifs is 1. The first-order chi connectivity index (χ1) is 15.0. The molecule has 9 heteroatoms. The molecule has 3 N–H and O–H groups in total. The van der Waals surface area contributed by atoms with Gasteiger partial charge < -0.3 is 15.7 Å². The molecule has 9 nitrogen and oxygen atoms in total. The Morgan fingerprint density at radius 3 is 2.74 bits per heavy atom. The number of aromatic nitrogens is 3. The van der Waals surface area contributed by atoms with Crippen LogP contribution >= 0.6 is 0 Å². The molecule has 1 saturated heterocycles. The number of pyridine rings is 1. The number of anilines is 1. The lowest BCUT2D eigenvalue weighted by molar-refractivity contribution is -0.130. The Morgan fingerprint density at radius 1 is 1.23 bits per heavy atom. The molecule has 3 aromatic rings. The van der Waals surface area contributed by atoms with Crippen LogP contribution in [0.4, 0.5) is 5.82 Å². The lowest BCUT2D eigenvalue weighted by atomic mass is 10.00. The van der Waals surface area contributed by atoms with Gasteiger partial charge in [-0.1, -0.05) is 18.2 Å². The smallest absolute Gasteiger partial charge is 0.290 e. The van der Waals surface area contributed by atoms with Crippen molar-refractivity contribution in [2.24, 2.45) is 5.92 Å². The number of rotatable bonds is 5. The number of hydrogen-bond acceptors (Lipinski definition) is 6. The molecule has 31 heavy (non-hydrogen) atoms. The summed E-state index contributed by atoms with van der Waals surface area (Å²) < 4.78 is 1.52. The van der Waals surface area contributed by atoms with E-state index in [0.29, 0.717) is 35.6 Å². The summed E-state index contributed by atoms with van der Waals surface area (Å²) in [5.41, 5.74) is 7.34. The van der Waals surface area contributed by atoms with E-state index in [1.54, 1.807) is 12.3 Å². The summed E-state index contributed by atoms with van der Waals surface area (Å²) in [6.07, 6.45) is 5.51. The zero-order valence-corrected chi connectivity index (χ0v) is 17.1. The van der Waals surface area contributed by atoms with Gasteiger partial charge in [-0.2, -0.15) is 0 Å². The summed E-state index contributed by atoms with van der Waals surface area (Å²) in [6, 6.07) is 11.1. The van der Waals surface area contributed by atoms with E-state index in [1.165, 1.54) is 10.9 Å². The van der Waals surface area contributed by atoms with Gasteiger partial charge in [0.2, 0.25) is 5.91 Å². The van der Waals surface area contributed by atoms with Crippen LogP contribution in [0.2, 0.25) is 0 Å². The topological polar surface area (TPSA) is 131 Å². The lowest BCUT2D eigenvalue weighted by Crippen LogP contribution is -2.31. The van der Waals surface area contributed by atoms with E-state index in [0.717, 1.165) is 31.5 Å². The molecule has 2 aromatic heterocycles. The van der Waals surface area contributed by atoms with Gasteiger partial charge in [0.05, 0.1) is 17.2 Å². The first-order valence-corrected chi connectivity index (χ1v) is 10.0. The van der Waals surface area contributed by atoms with E-state index in [9.17, 15) is 9.59 Å². The van der Waals surface area contributed by atoms with E-state index in [-0.39, 0.29) is 17.9 Å². The van der Waals surface area contributed by atoms with Gasteiger partial charge in [-0.25, -0.2) is 9.97 Å². The average molecular weight is 423 g/mol. The quantitative estimate of drug-likeness (QED) is 0.595. The zero-order chi connectivity index (χ0) is 22.2. The molecule has 1 aliphatic rings. The number of amides is 1. The number of carbonyl (C=O) groups excluding carboxylic acids is 1. The molecule has 0 spiro atoms. The van der Waals surface area contributed by atoms with E-state index >= 15 is 0 Å². The van der Waals surface area contributed by atoms with Crippen molar-refractivity contribution in [3.63, 3.8) is 0 Å². The van der Waals surface area contributed by atoms with Crippen LogP contribution < -0.4 is 11.3 Å². The zero-order valence-electron chi connectivity index (χ0n) is 17.1. The maximum Gasteiger partial charge on any atom is 0.290 e. The van der Waals surface area contributed by atoms with Crippen LogP contribution in [0.3, 0.4) is 0 Å². The van der Waals surface area contributed by atoms with Gasteiger partial charge >= 0.3 is 0 Å². The number of para-hydroxylation sites is 1. The van der Waals surface area contributed by atoms with E-state index in [4.69, 9.17) is 15.6 Å². The fraction of sp³-hybridized carbons (Fsp3) is 0.318. The number of hydrogen-bond donors (Lipinski definition) is 2. The highest BCUT2D eigenvalue weighted by Crippen LogP contribution is 2.21. The summed E-state index contributed by atoms with van der Waals surface area (Å²) in [6.45, 7) is 1.60. The molecule has 3 heterocycles. The molecule has 0 radical (unpaired) electrons. The van der Waals surface area contributed by atoms with Crippen molar-refractivity contribution in [1.29, 1.82) is 0 Å². The molecular weight excluding hydrogens is 398 g/mol. The number of likely N-dealkylation sites (tertiary alicyclic amines) is 1. The molecule has 0 aliphatic carbocycles. The van der Waals surface area contributed by atoms with Gasteiger partial charge in [-0.3, -0.25) is 19.0 Å². The Balaban J connectivity index is 0.000000858. The summed E-state index contributed by atoms with van der Waals surface area (Å²) >= 11 is 0. The first kappa shape index (κ1) is 21.9. The monoisotopic (exact) mass is 423 g/mol. The third-order valence-electron chi connectivity index (χ3n) is 5.31. The second kappa shape index (κ2) is 10.3. The van der Waals surface area contributed by atoms with Gasteiger partial charge in [0.1, 0.15) is 5.82 Å². The molecule has 0 saturated carbocycles. The normalized spacial score (nSPS) is 15.4. The third kappa shape index (κ3) is 5.65. The minimum atomic E-state index is -0.250. The minimum Gasteiger partial charge on any atom is -0.483 e. The highest BCUT2D eigenvalue weighted by molar-refractivity contribution is 5.77. The van der Waals surface area contributed by atoms with Crippen LogP contribution in [0, 0.1) is 5.92 Å². The Kier molecular flexibility index (Phi) is 7.31. The number of nitrogen functional groups attached to an aromatic ring is 1. The fourth-order valence-electron chi connectivity index (χ4n) is 3.76. The van der Waals surface area contributed by atoms with Crippen LogP contribution in [0.1, 0.15) is 18.4 Å². The molecule has 162 valence electrons. The third-order valence-corrected chi connectivity index (χ3v) is 5.31. The molecule has 1 unspecified atom stereocenters. The predicted molar refractivity (Wildman–Crippen MR) is 116 cm³/mol. The standard InChI is InChI=1S/C21H23N5O2.CH2O2/c22-19-6-5-15(12-23-19)11-16-7-9-25(13-16)20(27)8-10-26-14-24-18-4-2-1-3-17(18)21(26)28;2-1-3/h1-6,12,14,16H,7-11,13H2,(H2,22,23);1H,(H,2,3). The van der Waals surface area contributed by atoms with Crippen molar-refractivity contribution in [2.75, 3.05) is 18.8 Å². The van der Waals surface area contributed by atoms with Gasteiger partial charge in [0.15, 0.2) is 0 Å². The molecule has 1 aromatic carbocycles. The van der Waals surface area contributed by atoms with Crippen LogP contribution in [-0.2, 0) is 22.6 Å². The largest absolute Gasteiger partial charge is 0.483 e. The molecule has 1 aliphatic heterocycles. The highest BCUT2D eigenvalue weighted by Gasteiger charge is 2.26. The van der Waals surface area contributed by atoms with Crippen molar-refractivity contribution < 1.29 is 14.7 Å². The SMILES string of the molecule is Nc1ccc(CC2CCN(C(=O)CCn3cnc4ccccc4c3=O)C2)cn1.O=CO. The van der Waals surface area contributed by atoms with Gasteiger partial charge in [-0.05, 0) is 42.5 Å². The van der Waals surface area contributed by atoms with Crippen LogP contribution in [-0.4, -0.2) is 50.0 Å². The lowest BCUT2D eigenvalue weighted by Gasteiger charge is -2.17. The number of nitrogens with zero attached hydrogens (tertiary/aromatic N) is 4. The second-order valence-electron chi connectivity index (χ2n) is 7.41. The number of carboxylic acid groups (broad SMARTS) is 1. The van der Waals surface area contributed by atoms with E-state index < -0.39 is 0 Å². The summed E-state index contributed by atoms with van der Waals surface area (Å²) in [4.78, 5) is 43.8. The molecular formula is C22H25N5O4. The molecule has 1 amide bonds. The van der Waals surface area contributed by atoms with Gasteiger partial charge in [0.25, 0.3) is 12.0 Å². The maximum atomic E-state index is 12.6. The Labute approximate surface area is 179 Å². The molecule has 0 bridgehead atoms. The van der Waals surface area contributed by atoms with Crippen LogP contribution in [0.25, 0.3) is 10.9 Å². The average Bonchev–Trinajstić information content (AvgIpc) is 3.24. The Hall–Kier alpha value is -3.75. The van der Waals surface area contributed by atoms with Crippen molar-refractivity contribution in [2.45, 2.75) is 25.8 Å². The first-order valence-electron chi connectivity index (χ1n) is 10.0. The second-order valence-corrected chi connectivity index (χ2v) is 7.41. The number of carbonyl (C=O) groups is 2. The number of benzene rings is 1. The van der Waals surface area contributed by atoms with Crippen molar-refractivity contribution >= 4 is 29.1 Å². The highest BCUT2D eigenvalue weighted by atomic mass is 16.3. The van der Waals surface area contributed by atoms with Gasteiger partial charge in [-0.15, -0.1) is 0 Å². The van der Waals surface area contributed by atoms with Crippen LogP contribution in [0.5, 0.6) is 0 Å². The Morgan fingerprint density at radius 2 is 2.00 bits per heavy atom. The van der Waals surface area contributed by atoms with Crippen molar-refractivity contribution in [3.05, 3.63) is 64.8 Å². The minimum absolute atomic E-state index is 0.0815. The predicted octanol–water partition coefficient (Wildman–Crippen LogP) is 1.56. The van der Waals surface area contributed by atoms with E-state index in [2.05, 4.69) is 9.97 Å². The number of aryl methyl sites for hydroxylation is 1. The van der Waals surface area contributed by atoms with Crippen LogP contribution in [0.15, 0.2) is 53.7 Å². The van der Waals surface area contributed by atoms with E-state index in [1.807, 2.05) is 35.2 Å². The van der Waals surface area contributed by atoms with Crippen molar-refractivity contribution in [1.82, 2.24) is 19.4 Å². The van der Waals surface area contributed by atoms with Gasteiger partial charge in [0, 0.05) is 32.3 Å². The van der Waals surface area contributed by atoms with Crippen molar-refractivity contribution in [3.8, 4) is 0 Å². The maximum absolute atomic E-state index is 12.6. The Bertz CT molecular complexity index is 1100. The summed E-state index contributed by atoms with van der Waals surface area (Å²) in [5, 5.41) is 7.47. The molecule has 1 fully saturated rings. The summed E-state index contributed by atoms with van der Waals surface area (Å²) in [5.74, 6) is 1.03.